The van der Waals surface area contributed by atoms with Gasteiger partial charge in [-0.25, -0.2) is 23.3 Å². The summed E-state index contributed by atoms with van der Waals surface area (Å²) in [5.41, 5.74) is -3.00. The second-order valence-electron chi connectivity index (χ2n) is 16.7. The highest BCUT2D eigenvalue weighted by molar-refractivity contribution is 6.14. The Morgan fingerprint density at radius 1 is 0.789 bits per heavy atom. The van der Waals surface area contributed by atoms with Gasteiger partial charge in [0.1, 0.15) is 28.6 Å². The zero-order valence-corrected chi connectivity index (χ0v) is 32.7. The van der Waals surface area contributed by atoms with Crippen molar-refractivity contribution in [3.8, 4) is 16.9 Å². The Hall–Kier alpha value is -5.27. The molecule has 0 aliphatic heterocycles. The van der Waals surface area contributed by atoms with Crippen LogP contribution in [0.1, 0.15) is 93.5 Å². The number of imide groups is 1. The molecule has 1 N–H and O–H groups in total. The van der Waals surface area contributed by atoms with Crippen molar-refractivity contribution < 1.29 is 55.3 Å². The number of nitrogens with one attached hydrogen (secondary N) is 1. The summed E-state index contributed by atoms with van der Waals surface area (Å²) < 4.78 is 88.0. The molecular weight excluding hydrogens is 751 g/mol. The van der Waals surface area contributed by atoms with Crippen LogP contribution >= 0.6 is 0 Å². The van der Waals surface area contributed by atoms with Crippen molar-refractivity contribution in [2.24, 2.45) is 23.7 Å². The number of halogens is 5. The first-order chi connectivity index (χ1) is 26.6. The minimum Gasteiger partial charge on any atom is -0.496 e. The first-order valence-electron chi connectivity index (χ1n) is 18.7. The fraction of sp³-hybridized carbons (Fsp3) is 0.442. The Kier molecular flexibility index (Phi) is 11.1. The SMILES string of the molecule is COc1ccc(-c2cc(C(=O)OC(C)(C)C)ccc2F)cc1C(=O)N[C@@H]1C2CCC(/C2=C/C2CC2)[C@@H]1C(=O)N(C(=O)OC(C)(C)C)c1ccc(F)c(C(F)(F)F)c1. The van der Waals surface area contributed by atoms with E-state index >= 15 is 4.39 Å². The maximum Gasteiger partial charge on any atom is 0.421 e. The smallest absolute Gasteiger partial charge is 0.421 e. The highest BCUT2D eigenvalue weighted by Gasteiger charge is 2.57. The molecule has 0 heterocycles. The number of carbonyl (C=O) groups excluding carboxylic acids is 4. The molecule has 3 amide bonds. The van der Waals surface area contributed by atoms with Crippen molar-refractivity contribution in [1.29, 1.82) is 0 Å². The normalized spacial score (nSPS) is 21.3. The summed E-state index contributed by atoms with van der Waals surface area (Å²) in [6, 6.07) is 8.99. The number of allylic oxidation sites excluding steroid dienone is 1. The number of alkyl halides is 3. The van der Waals surface area contributed by atoms with E-state index in [2.05, 4.69) is 11.4 Å². The average molecular weight is 797 g/mol. The van der Waals surface area contributed by atoms with Crippen LogP contribution in [0.2, 0.25) is 0 Å². The van der Waals surface area contributed by atoms with Crippen LogP contribution in [0.5, 0.6) is 5.75 Å². The van der Waals surface area contributed by atoms with Gasteiger partial charge >= 0.3 is 18.2 Å². The molecule has 0 aromatic heterocycles. The zero-order valence-electron chi connectivity index (χ0n) is 32.7. The molecule has 6 rings (SSSR count). The Morgan fingerprint density at radius 3 is 2.05 bits per heavy atom. The fourth-order valence-electron chi connectivity index (χ4n) is 7.68. The summed E-state index contributed by atoms with van der Waals surface area (Å²) in [5, 5.41) is 2.98. The Labute approximate surface area is 327 Å². The molecular formula is C43H45F5N2O7. The molecule has 2 unspecified atom stereocenters. The summed E-state index contributed by atoms with van der Waals surface area (Å²) in [7, 11) is 1.34. The van der Waals surface area contributed by atoms with Gasteiger partial charge in [-0.05, 0) is 133 Å². The molecule has 14 heteroatoms. The van der Waals surface area contributed by atoms with E-state index in [1.165, 1.54) is 58.2 Å². The van der Waals surface area contributed by atoms with E-state index in [4.69, 9.17) is 14.2 Å². The van der Waals surface area contributed by atoms with Crippen molar-refractivity contribution in [2.75, 3.05) is 12.0 Å². The molecule has 0 spiro atoms. The molecule has 2 bridgehead atoms. The average Bonchev–Trinajstić information content (AvgIpc) is 3.78. The minimum absolute atomic E-state index is 0.00298. The number of nitrogens with zero attached hydrogens (tertiary/aromatic N) is 1. The van der Waals surface area contributed by atoms with Gasteiger partial charge < -0.3 is 19.5 Å². The lowest BCUT2D eigenvalue weighted by atomic mass is 9.83. The third-order valence-electron chi connectivity index (χ3n) is 10.2. The number of esters is 1. The van der Waals surface area contributed by atoms with Crippen molar-refractivity contribution in [3.05, 3.63) is 94.6 Å². The Morgan fingerprint density at radius 2 is 1.44 bits per heavy atom. The summed E-state index contributed by atoms with van der Waals surface area (Å²) in [4.78, 5) is 56.3. The Bertz CT molecular complexity index is 2130. The zero-order chi connectivity index (χ0) is 41.8. The van der Waals surface area contributed by atoms with Crippen LogP contribution in [0.15, 0.2) is 66.2 Å². The van der Waals surface area contributed by atoms with E-state index < -0.39 is 82.0 Å². The van der Waals surface area contributed by atoms with Crippen molar-refractivity contribution in [1.82, 2.24) is 5.32 Å². The fourth-order valence-corrected chi connectivity index (χ4v) is 7.68. The van der Waals surface area contributed by atoms with Gasteiger partial charge in [0.2, 0.25) is 5.91 Å². The molecule has 3 aliphatic rings. The molecule has 3 fully saturated rings. The molecule has 9 nitrogen and oxygen atoms in total. The van der Waals surface area contributed by atoms with Crippen LogP contribution in [0.3, 0.4) is 0 Å². The van der Waals surface area contributed by atoms with Gasteiger partial charge in [-0.1, -0.05) is 17.7 Å². The van der Waals surface area contributed by atoms with Crippen LogP contribution in [0.4, 0.5) is 32.4 Å². The van der Waals surface area contributed by atoms with E-state index in [0.29, 0.717) is 29.9 Å². The summed E-state index contributed by atoms with van der Waals surface area (Å²) in [5.74, 6) is -6.16. The maximum atomic E-state index is 15.3. The topological polar surface area (TPSA) is 111 Å². The number of anilines is 1. The van der Waals surface area contributed by atoms with Crippen molar-refractivity contribution in [2.45, 2.75) is 90.6 Å². The van der Waals surface area contributed by atoms with E-state index in [-0.39, 0.29) is 39.8 Å². The first-order valence-corrected chi connectivity index (χ1v) is 18.7. The minimum atomic E-state index is -5.14. The van der Waals surface area contributed by atoms with Gasteiger partial charge in [-0.2, -0.15) is 13.2 Å². The maximum absolute atomic E-state index is 15.3. The van der Waals surface area contributed by atoms with E-state index in [0.717, 1.165) is 30.5 Å². The number of benzene rings is 3. The molecule has 4 atom stereocenters. The van der Waals surface area contributed by atoms with E-state index in [9.17, 15) is 36.7 Å². The number of amides is 3. The van der Waals surface area contributed by atoms with Crippen LogP contribution in [0.25, 0.3) is 11.1 Å². The third-order valence-corrected chi connectivity index (χ3v) is 10.2. The van der Waals surface area contributed by atoms with E-state index in [1.54, 1.807) is 20.8 Å². The number of hydrogen-bond donors (Lipinski definition) is 1. The summed E-state index contributed by atoms with van der Waals surface area (Å²) in [6.45, 7) is 9.67. The lowest BCUT2D eigenvalue weighted by molar-refractivity contribution is -0.140. The number of methoxy groups -OCH3 is 1. The summed E-state index contributed by atoms with van der Waals surface area (Å²) in [6.07, 6.45) is -1.34. The number of rotatable bonds is 8. The number of hydrogen-bond acceptors (Lipinski definition) is 7. The van der Waals surface area contributed by atoms with Gasteiger partial charge in [0.25, 0.3) is 5.91 Å². The van der Waals surface area contributed by atoms with Gasteiger partial charge in [0, 0.05) is 17.5 Å². The van der Waals surface area contributed by atoms with Crippen LogP contribution in [-0.2, 0) is 20.4 Å². The molecule has 304 valence electrons. The van der Waals surface area contributed by atoms with Crippen LogP contribution in [0, 0.1) is 35.3 Å². The third kappa shape index (κ3) is 8.99. The number of fused-ring (bicyclic) bond motifs is 2. The second-order valence-corrected chi connectivity index (χ2v) is 16.7. The molecule has 0 saturated heterocycles. The van der Waals surface area contributed by atoms with Gasteiger partial charge in [-0.3, -0.25) is 9.59 Å². The predicted octanol–water partition coefficient (Wildman–Crippen LogP) is 9.67. The molecule has 3 saturated carbocycles. The molecule has 3 aromatic carbocycles. The standard InChI is InChI=1S/C43H45F5N2O7/c1-41(2,3)56-39(53)24-10-15-32(44)28(20-24)23-11-17-34(55-7)30(19-23)37(51)49-36-27-14-13-26(29(27)18-22-8-9-22)35(36)38(52)50(40(54)57-42(4,5)6)25-12-16-33(45)31(21-25)43(46,47)48/h10-12,15-22,26-27,35-36H,8-9,13-14H2,1-7H3,(H,49,51)/b29-18-/t26?,27?,35-,36+/m0/s1. The highest BCUT2D eigenvalue weighted by atomic mass is 19.4. The predicted molar refractivity (Wildman–Crippen MR) is 200 cm³/mol. The lowest BCUT2D eigenvalue weighted by Gasteiger charge is -2.34. The monoisotopic (exact) mass is 796 g/mol. The highest BCUT2D eigenvalue weighted by Crippen LogP contribution is 2.55. The van der Waals surface area contributed by atoms with Crippen LogP contribution < -0.4 is 15.0 Å². The summed E-state index contributed by atoms with van der Waals surface area (Å²) >= 11 is 0. The van der Waals surface area contributed by atoms with Gasteiger partial charge in [0.05, 0.1) is 35.4 Å². The van der Waals surface area contributed by atoms with Gasteiger partial charge in [-0.15, -0.1) is 0 Å². The van der Waals surface area contributed by atoms with Crippen LogP contribution in [-0.4, -0.2) is 48.2 Å². The molecule has 0 radical (unpaired) electrons. The quantitative estimate of drug-likeness (QED) is 0.137. The number of ether oxygens (including phenoxy) is 3. The van der Waals surface area contributed by atoms with Gasteiger partial charge in [0.15, 0.2) is 0 Å². The Balaban J connectivity index is 1.39. The molecule has 3 aliphatic carbocycles. The van der Waals surface area contributed by atoms with Crippen molar-refractivity contribution >= 4 is 29.6 Å². The first kappa shape index (κ1) is 41.4. The second kappa shape index (κ2) is 15.2. The van der Waals surface area contributed by atoms with Crippen molar-refractivity contribution in [3.63, 3.8) is 0 Å². The lowest BCUT2D eigenvalue weighted by Crippen LogP contribution is -2.53. The number of carbonyl (C=O) groups is 4. The molecule has 57 heavy (non-hydrogen) atoms. The largest absolute Gasteiger partial charge is 0.496 e. The molecule has 3 aromatic rings. The van der Waals surface area contributed by atoms with E-state index in [1.807, 2.05) is 0 Å².